The molecule has 0 aliphatic heterocycles. The Morgan fingerprint density at radius 3 is 2.72 bits per heavy atom. The van der Waals surface area contributed by atoms with Gasteiger partial charge in [-0.1, -0.05) is 30.3 Å². The van der Waals surface area contributed by atoms with Crippen molar-refractivity contribution in [1.82, 2.24) is 29.4 Å². The topological polar surface area (TPSA) is 72.9 Å². The lowest BCUT2D eigenvalue weighted by Crippen LogP contribution is -2.12. The minimum atomic E-state index is 0.735. The van der Waals surface area contributed by atoms with Crippen molar-refractivity contribution in [2.24, 2.45) is 7.05 Å². The molecule has 4 rings (SSSR count). The minimum absolute atomic E-state index is 0.735. The number of hydrogen-bond acceptors (Lipinski definition) is 5. The molecule has 0 amide bonds. The number of hydrogen-bond donors (Lipinski definition) is 1. The molecule has 3 aromatic heterocycles. The third-order valence-electron chi connectivity index (χ3n) is 4.08. The van der Waals surface area contributed by atoms with E-state index in [0.717, 1.165) is 47.2 Å². The minimum Gasteiger partial charge on any atom is -0.369 e. The molecule has 126 valence electrons. The third-order valence-corrected chi connectivity index (χ3v) is 4.08. The highest BCUT2D eigenvalue weighted by Gasteiger charge is 2.10. The van der Waals surface area contributed by atoms with Gasteiger partial charge >= 0.3 is 0 Å². The van der Waals surface area contributed by atoms with Crippen molar-refractivity contribution in [2.75, 3.05) is 11.9 Å². The number of anilines is 1. The first-order valence-corrected chi connectivity index (χ1v) is 8.20. The molecule has 4 aromatic rings. The highest BCUT2D eigenvalue weighted by Crippen LogP contribution is 2.22. The van der Waals surface area contributed by atoms with Gasteiger partial charge in [0.15, 0.2) is 5.65 Å². The molecule has 0 fully saturated rings. The summed E-state index contributed by atoms with van der Waals surface area (Å²) in [6.07, 6.45) is 2.35. The summed E-state index contributed by atoms with van der Waals surface area (Å²) >= 11 is 0. The molecule has 1 N–H and O–H groups in total. The Labute approximate surface area is 145 Å². The molecule has 7 heteroatoms. The van der Waals surface area contributed by atoms with Gasteiger partial charge in [-0.3, -0.25) is 4.68 Å². The van der Waals surface area contributed by atoms with Gasteiger partial charge in [0, 0.05) is 37.7 Å². The molecule has 7 nitrogen and oxygen atoms in total. The van der Waals surface area contributed by atoms with E-state index in [4.69, 9.17) is 4.98 Å². The molecule has 3 heterocycles. The Hall–Kier alpha value is -3.22. The first kappa shape index (κ1) is 15.3. The largest absolute Gasteiger partial charge is 0.369 e. The Morgan fingerprint density at radius 1 is 1.12 bits per heavy atom. The number of nitrogens with one attached hydrogen (secondary N) is 1. The normalized spacial score (nSPS) is 11.1. The second kappa shape index (κ2) is 6.35. The van der Waals surface area contributed by atoms with Gasteiger partial charge in [-0.2, -0.15) is 14.7 Å². The number of aryl methyl sites for hydroxylation is 2. The van der Waals surface area contributed by atoms with Crippen molar-refractivity contribution in [3.63, 3.8) is 0 Å². The van der Waals surface area contributed by atoms with Crippen LogP contribution in [-0.4, -0.2) is 35.9 Å². The zero-order valence-corrected chi connectivity index (χ0v) is 14.2. The van der Waals surface area contributed by atoms with Gasteiger partial charge in [-0.05, 0) is 6.92 Å². The molecule has 0 aliphatic rings. The van der Waals surface area contributed by atoms with Crippen LogP contribution in [0.5, 0.6) is 0 Å². The average molecular weight is 333 g/mol. The van der Waals surface area contributed by atoms with Gasteiger partial charge in [0.05, 0.1) is 11.4 Å². The number of rotatable bonds is 5. The van der Waals surface area contributed by atoms with Gasteiger partial charge in [0.25, 0.3) is 0 Å². The molecule has 0 unspecified atom stereocenters. The zero-order chi connectivity index (χ0) is 17.2. The number of fused-ring (bicyclic) bond motifs is 1. The molecular formula is C18H19N7. The highest BCUT2D eigenvalue weighted by atomic mass is 15.3. The summed E-state index contributed by atoms with van der Waals surface area (Å²) < 4.78 is 3.63. The monoisotopic (exact) mass is 333 g/mol. The second-order valence-corrected chi connectivity index (χ2v) is 5.93. The fourth-order valence-corrected chi connectivity index (χ4v) is 2.82. The van der Waals surface area contributed by atoms with Crippen LogP contribution in [0, 0.1) is 6.92 Å². The molecule has 0 aliphatic carbocycles. The van der Waals surface area contributed by atoms with Crippen LogP contribution >= 0.6 is 0 Å². The molecule has 0 bridgehead atoms. The van der Waals surface area contributed by atoms with Crippen LogP contribution in [-0.2, 0) is 13.5 Å². The number of benzene rings is 1. The van der Waals surface area contributed by atoms with Gasteiger partial charge in [0.1, 0.15) is 18.0 Å². The fraction of sp³-hybridized carbons (Fsp3) is 0.222. The predicted molar refractivity (Wildman–Crippen MR) is 96.4 cm³/mol. The van der Waals surface area contributed by atoms with Crippen LogP contribution < -0.4 is 5.32 Å². The van der Waals surface area contributed by atoms with Crippen molar-refractivity contribution in [3.8, 4) is 11.3 Å². The standard InChI is InChI=1S/C18H19N7/c1-13-10-18-22-15(14-6-4-3-5-7-14)11-17(25(18)23-13)19-9-8-16-20-12-21-24(16)2/h3-7,10-12,19H,8-9H2,1-2H3. The maximum Gasteiger partial charge on any atom is 0.158 e. The summed E-state index contributed by atoms with van der Waals surface area (Å²) in [5, 5.41) is 12.1. The summed E-state index contributed by atoms with van der Waals surface area (Å²) in [7, 11) is 1.90. The van der Waals surface area contributed by atoms with Crippen molar-refractivity contribution in [2.45, 2.75) is 13.3 Å². The molecule has 0 radical (unpaired) electrons. The third kappa shape index (κ3) is 3.08. The lowest BCUT2D eigenvalue weighted by atomic mass is 10.1. The van der Waals surface area contributed by atoms with E-state index in [1.807, 2.05) is 48.8 Å². The Kier molecular flexibility index (Phi) is 3.89. The van der Waals surface area contributed by atoms with Crippen LogP contribution in [0.1, 0.15) is 11.5 Å². The van der Waals surface area contributed by atoms with Crippen LogP contribution in [0.3, 0.4) is 0 Å². The maximum atomic E-state index is 4.73. The summed E-state index contributed by atoms with van der Waals surface area (Å²) in [5.41, 5.74) is 3.78. The summed E-state index contributed by atoms with van der Waals surface area (Å²) in [5.74, 6) is 1.86. The molecule has 25 heavy (non-hydrogen) atoms. The Morgan fingerprint density at radius 2 is 1.96 bits per heavy atom. The van der Waals surface area contributed by atoms with Crippen molar-refractivity contribution < 1.29 is 0 Å². The highest BCUT2D eigenvalue weighted by molar-refractivity contribution is 5.66. The maximum absolute atomic E-state index is 4.73. The van der Waals surface area contributed by atoms with Gasteiger partial charge in [-0.25, -0.2) is 9.97 Å². The van der Waals surface area contributed by atoms with Crippen LogP contribution in [0.2, 0.25) is 0 Å². The SMILES string of the molecule is Cc1cc2nc(-c3ccccc3)cc(NCCc3ncnn3C)n2n1. The Bertz CT molecular complexity index is 1000. The van der Waals surface area contributed by atoms with Crippen molar-refractivity contribution in [3.05, 3.63) is 60.3 Å². The van der Waals surface area contributed by atoms with Crippen LogP contribution in [0.15, 0.2) is 48.8 Å². The van der Waals surface area contributed by atoms with Crippen molar-refractivity contribution in [1.29, 1.82) is 0 Å². The lowest BCUT2D eigenvalue weighted by Gasteiger charge is -2.10. The Balaban J connectivity index is 1.65. The van der Waals surface area contributed by atoms with E-state index in [1.165, 1.54) is 0 Å². The van der Waals surface area contributed by atoms with E-state index in [9.17, 15) is 0 Å². The van der Waals surface area contributed by atoms with E-state index >= 15 is 0 Å². The second-order valence-electron chi connectivity index (χ2n) is 5.93. The van der Waals surface area contributed by atoms with E-state index in [-0.39, 0.29) is 0 Å². The molecule has 0 spiro atoms. The average Bonchev–Trinajstić information content (AvgIpc) is 3.20. The van der Waals surface area contributed by atoms with Gasteiger partial charge < -0.3 is 5.32 Å². The molecular weight excluding hydrogens is 314 g/mol. The quantitative estimate of drug-likeness (QED) is 0.607. The van der Waals surface area contributed by atoms with Crippen LogP contribution in [0.4, 0.5) is 5.82 Å². The molecule has 1 aromatic carbocycles. The summed E-state index contributed by atoms with van der Waals surface area (Å²) in [6, 6.07) is 14.2. The fourth-order valence-electron chi connectivity index (χ4n) is 2.82. The van der Waals surface area contributed by atoms with E-state index in [1.54, 1.807) is 11.0 Å². The van der Waals surface area contributed by atoms with E-state index < -0.39 is 0 Å². The van der Waals surface area contributed by atoms with Crippen molar-refractivity contribution >= 4 is 11.5 Å². The smallest absolute Gasteiger partial charge is 0.158 e. The van der Waals surface area contributed by atoms with Gasteiger partial charge in [0.2, 0.25) is 0 Å². The zero-order valence-electron chi connectivity index (χ0n) is 14.2. The summed E-state index contributed by atoms with van der Waals surface area (Å²) in [6.45, 7) is 2.71. The first-order valence-electron chi connectivity index (χ1n) is 8.20. The van der Waals surface area contributed by atoms with Crippen LogP contribution in [0.25, 0.3) is 16.9 Å². The molecule has 0 saturated heterocycles. The number of aromatic nitrogens is 6. The lowest BCUT2D eigenvalue weighted by molar-refractivity contribution is 0.700. The van der Waals surface area contributed by atoms with Gasteiger partial charge in [-0.15, -0.1) is 0 Å². The molecule has 0 saturated carbocycles. The molecule has 0 atom stereocenters. The van der Waals surface area contributed by atoms with E-state index in [0.29, 0.717) is 0 Å². The predicted octanol–water partition coefficient (Wildman–Crippen LogP) is 2.49. The first-order chi connectivity index (χ1) is 12.2. The number of nitrogens with zero attached hydrogens (tertiary/aromatic N) is 6. The van der Waals surface area contributed by atoms with E-state index in [2.05, 4.69) is 32.6 Å². The summed E-state index contributed by atoms with van der Waals surface area (Å²) in [4.78, 5) is 8.99.